The van der Waals surface area contributed by atoms with E-state index in [0.717, 1.165) is 69.6 Å². The maximum atomic E-state index is 12.9. The summed E-state index contributed by atoms with van der Waals surface area (Å²) in [6, 6.07) is -0.0945. The van der Waals surface area contributed by atoms with Gasteiger partial charge in [-0.2, -0.15) is 11.8 Å². The third-order valence-electron chi connectivity index (χ3n) is 5.60. The highest BCUT2D eigenvalue weighted by Crippen LogP contribution is 2.22. The van der Waals surface area contributed by atoms with Crippen molar-refractivity contribution < 1.29 is 14.3 Å². The third-order valence-corrected chi connectivity index (χ3v) is 6.24. The number of unbranched alkanes of at least 4 members (excludes halogenated alkanes) is 2. The Morgan fingerprint density at radius 3 is 2.93 bits per heavy atom. The van der Waals surface area contributed by atoms with Crippen molar-refractivity contribution in [1.82, 2.24) is 19.8 Å². The van der Waals surface area contributed by atoms with Crippen LogP contribution in [0.2, 0.25) is 0 Å². The molecule has 1 amide bonds. The number of nitrogens with one attached hydrogen (secondary N) is 1. The number of nitrogens with zero attached hydrogens (tertiary/aromatic N) is 3. The fraction of sp³-hybridized carbons (Fsp3) is 0.762. The van der Waals surface area contributed by atoms with E-state index in [9.17, 15) is 9.59 Å². The number of ether oxygens (including phenoxy) is 1. The zero-order valence-corrected chi connectivity index (χ0v) is 18.9. The number of rotatable bonds is 13. The highest BCUT2D eigenvalue weighted by molar-refractivity contribution is 7.98. The van der Waals surface area contributed by atoms with Crippen LogP contribution in [0.4, 0.5) is 0 Å². The van der Waals surface area contributed by atoms with Crippen LogP contribution in [0.1, 0.15) is 51.1 Å². The molecule has 1 fully saturated rings. The number of aromatic amines is 1. The van der Waals surface area contributed by atoms with E-state index in [1.165, 1.54) is 7.11 Å². The van der Waals surface area contributed by atoms with E-state index >= 15 is 0 Å². The van der Waals surface area contributed by atoms with Gasteiger partial charge in [-0.25, -0.2) is 4.98 Å². The number of methoxy groups -OCH3 is 1. The Morgan fingerprint density at radius 1 is 1.45 bits per heavy atom. The number of carbonyl (C=O) groups excluding carboxylic acids is 2. The molecule has 0 bridgehead atoms. The van der Waals surface area contributed by atoms with Gasteiger partial charge in [-0.1, -0.05) is 19.8 Å². The van der Waals surface area contributed by atoms with Crippen LogP contribution in [0.3, 0.4) is 0 Å². The molecule has 0 aliphatic carbocycles. The molecule has 1 unspecified atom stereocenters. The van der Waals surface area contributed by atoms with Gasteiger partial charge in [-0.15, -0.1) is 0 Å². The molecule has 1 aromatic rings. The average molecular weight is 425 g/mol. The summed E-state index contributed by atoms with van der Waals surface area (Å²) in [4.78, 5) is 36.7. The molecule has 164 valence electrons. The van der Waals surface area contributed by atoms with Crippen molar-refractivity contribution in [2.45, 2.75) is 64.0 Å². The summed E-state index contributed by atoms with van der Waals surface area (Å²) < 4.78 is 5.12. The largest absolute Gasteiger partial charge is 0.468 e. The van der Waals surface area contributed by atoms with Crippen LogP contribution in [-0.2, 0) is 20.7 Å². The fourth-order valence-corrected chi connectivity index (χ4v) is 4.48. The lowest BCUT2D eigenvalue weighted by Gasteiger charge is -2.35. The Balaban J connectivity index is 2.07. The van der Waals surface area contributed by atoms with Crippen molar-refractivity contribution >= 4 is 23.6 Å². The molecule has 0 aromatic carbocycles. The minimum atomic E-state index is -0.241. The second-order valence-electron chi connectivity index (χ2n) is 7.66. The Hall–Kier alpha value is -1.54. The van der Waals surface area contributed by atoms with E-state index in [2.05, 4.69) is 28.0 Å². The van der Waals surface area contributed by atoms with Gasteiger partial charge in [-0.05, 0) is 44.2 Å². The van der Waals surface area contributed by atoms with Gasteiger partial charge in [0.05, 0.1) is 19.9 Å². The number of thioether (sulfide) groups is 1. The number of aromatic nitrogens is 2. The van der Waals surface area contributed by atoms with E-state index in [0.29, 0.717) is 6.42 Å². The van der Waals surface area contributed by atoms with Gasteiger partial charge in [0.15, 0.2) is 0 Å². The molecule has 0 spiro atoms. The predicted molar refractivity (Wildman–Crippen MR) is 117 cm³/mol. The molecule has 7 nitrogen and oxygen atoms in total. The maximum absolute atomic E-state index is 12.9. The molecule has 2 atom stereocenters. The van der Waals surface area contributed by atoms with E-state index in [4.69, 9.17) is 4.74 Å². The Kier molecular flexibility index (Phi) is 10.6. The first-order valence-corrected chi connectivity index (χ1v) is 12.1. The summed E-state index contributed by atoms with van der Waals surface area (Å²) in [6.07, 6.45) is 11.8. The minimum Gasteiger partial charge on any atom is -0.468 e. The van der Waals surface area contributed by atoms with Crippen LogP contribution in [0.25, 0.3) is 0 Å². The first-order chi connectivity index (χ1) is 14.1. The first-order valence-electron chi connectivity index (χ1n) is 10.7. The fourth-order valence-electron chi connectivity index (χ4n) is 4.02. The molecule has 29 heavy (non-hydrogen) atoms. The van der Waals surface area contributed by atoms with Crippen molar-refractivity contribution in [2.75, 3.05) is 38.8 Å². The molecule has 1 aromatic heterocycles. The lowest BCUT2D eigenvalue weighted by Crippen LogP contribution is -2.50. The van der Waals surface area contributed by atoms with Crippen molar-refractivity contribution in [3.05, 3.63) is 18.2 Å². The number of likely N-dealkylation sites (tertiary alicyclic amines) is 1. The van der Waals surface area contributed by atoms with Crippen LogP contribution in [0, 0.1) is 0 Å². The normalized spacial score (nSPS) is 17.7. The van der Waals surface area contributed by atoms with Crippen LogP contribution < -0.4 is 0 Å². The third kappa shape index (κ3) is 7.33. The zero-order chi connectivity index (χ0) is 21.1. The van der Waals surface area contributed by atoms with E-state index in [-0.39, 0.29) is 24.0 Å². The number of hydrogen-bond donors (Lipinski definition) is 1. The van der Waals surface area contributed by atoms with Gasteiger partial charge in [0.1, 0.15) is 6.04 Å². The second-order valence-corrected chi connectivity index (χ2v) is 8.64. The Labute approximate surface area is 179 Å². The smallest absolute Gasteiger partial charge is 0.323 e. The number of hydrogen-bond acceptors (Lipinski definition) is 6. The molecule has 0 radical (unpaired) electrons. The van der Waals surface area contributed by atoms with Gasteiger partial charge < -0.3 is 14.6 Å². The lowest BCUT2D eigenvalue weighted by molar-refractivity contribution is -0.147. The van der Waals surface area contributed by atoms with Crippen molar-refractivity contribution in [2.24, 2.45) is 0 Å². The summed E-state index contributed by atoms with van der Waals surface area (Å²) >= 11 is 1.75. The zero-order valence-electron chi connectivity index (χ0n) is 18.1. The molecule has 2 rings (SSSR count). The van der Waals surface area contributed by atoms with E-state index in [1.54, 1.807) is 24.3 Å². The monoisotopic (exact) mass is 424 g/mol. The van der Waals surface area contributed by atoms with E-state index < -0.39 is 0 Å². The summed E-state index contributed by atoms with van der Waals surface area (Å²) in [5.74, 6) is 0.879. The molecule has 1 N–H and O–H groups in total. The Bertz CT molecular complexity index is 611. The van der Waals surface area contributed by atoms with Crippen LogP contribution in [0.15, 0.2) is 12.5 Å². The molecular weight excluding hydrogens is 388 g/mol. The summed E-state index contributed by atoms with van der Waals surface area (Å²) in [7, 11) is 1.47. The highest BCUT2D eigenvalue weighted by atomic mass is 32.2. The summed E-state index contributed by atoms with van der Waals surface area (Å²) in [6.45, 7) is 4.56. The van der Waals surface area contributed by atoms with Gasteiger partial charge in [0.2, 0.25) is 5.91 Å². The number of amides is 1. The molecule has 2 heterocycles. The number of esters is 1. The average Bonchev–Trinajstić information content (AvgIpc) is 3.39. The molecule has 1 aliphatic rings. The van der Waals surface area contributed by atoms with Crippen molar-refractivity contribution in [3.8, 4) is 0 Å². The van der Waals surface area contributed by atoms with E-state index in [1.807, 2.05) is 4.90 Å². The quantitative estimate of drug-likeness (QED) is 0.387. The maximum Gasteiger partial charge on any atom is 0.323 e. The summed E-state index contributed by atoms with van der Waals surface area (Å²) in [5.41, 5.74) is 0.841. The van der Waals surface area contributed by atoms with Gasteiger partial charge in [-0.3, -0.25) is 14.5 Å². The van der Waals surface area contributed by atoms with Crippen molar-refractivity contribution in [1.29, 1.82) is 0 Å². The lowest BCUT2D eigenvalue weighted by atomic mass is 10.1. The molecule has 1 aliphatic heterocycles. The number of H-pyrrole nitrogens is 1. The number of imidazole rings is 1. The standard InChI is InChI=1S/C21H36N4O3S/c1-4-5-6-10-24(19(9-12-29-3)21(27)28-2)15-18-8-7-11-25(18)20(26)13-17-14-22-16-23-17/h14,16,18-19H,4-13,15H2,1-3H3,(H,22,23)/t18-,19?/m0/s1. The van der Waals surface area contributed by atoms with Gasteiger partial charge in [0.25, 0.3) is 0 Å². The van der Waals surface area contributed by atoms with Gasteiger partial charge in [0, 0.05) is 31.0 Å². The molecule has 1 saturated heterocycles. The minimum absolute atomic E-state index is 0.129. The van der Waals surface area contributed by atoms with Crippen LogP contribution in [-0.4, -0.2) is 82.5 Å². The Morgan fingerprint density at radius 2 is 2.28 bits per heavy atom. The predicted octanol–water partition coefficient (Wildman–Crippen LogP) is 2.73. The molecular formula is C21H36N4O3S. The summed E-state index contributed by atoms with van der Waals surface area (Å²) in [5, 5.41) is 0. The molecule has 8 heteroatoms. The number of carbonyl (C=O) groups is 2. The SMILES string of the molecule is CCCCCN(C[C@@H]1CCCN1C(=O)Cc1cnc[nH]1)C(CCSC)C(=O)OC. The van der Waals surface area contributed by atoms with Gasteiger partial charge >= 0.3 is 5.97 Å². The van der Waals surface area contributed by atoms with Crippen LogP contribution in [0.5, 0.6) is 0 Å². The first kappa shape index (κ1) is 23.7. The highest BCUT2D eigenvalue weighted by Gasteiger charge is 2.34. The molecule has 0 saturated carbocycles. The van der Waals surface area contributed by atoms with Crippen molar-refractivity contribution in [3.63, 3.8) is 0 Å². The second kappa shape index (κ2) is 12.9. The van der Waals surface area contributed by atoms with Crippen LogP contribution >= 0.6 is 11.8 Å². The topological polar surface area (TPSA) is 78.5 Å².